The number of aromatic hydroxyl groups is 1. The van der Waals surface area contributed by atoms with E-state index in [0.29, 0.717) is 6.42 Å². The maximum absolute atomic E-state index is 13.3. The van der Waals surface area contributed by atoms with Crippen LogP contribution in [0.3, 0.4) is 0 Å². The summed E-state index contributed by atoms with van der Waals surface area (Å²) in [7, 11) is 0. The van der Waals surface area contributed by atoms with Crippen molar-refractivity contribution in [3.05, 3.63) is 53.3 Å². The molecule has 2 nitrogen and oxygen atoms in total. The summed E-state index contributed by atoms with van der Waals surface area (Å²) in [6, 6.07) is 4.60. The van der Waals surface area contributed by atoms with Crippen molar-refractivity contribution in [2.24, 2.45) is 5.92 Å². The smallest absolute Gasteiger partial charge is 0.165 e. The molecule has 2 rings (SSSR count). The molecule has 0 aromatic heterocycles. The Balaban J connectivity index is 1.45. The highest BCUT2D eigenvalue weighted by Gasteiger charge is 2.15. The number of hydrogen-bond acceptors (Lipinski definition) is 2. The minimum atomic E-state index is -0.545. The fourth-order valence-corrected chi connectivity index (χ4v) is 3.24. The van der Waals surface area contributed by atoms with Crippen LogP contribution < -0.4 is 0 Å². The average molecular weight is 350 g/mol. The van der Waals surface area contributed by atoms with Crippen molar-refractivity contribution in [1.82, 2.24) is 0 Å². The Morgan fingerprint density at radius 1 is 0.920 bits per heavy atom. The Labute approximate surface area is 148 Å². The molecule has 2 N–H and O–H groups in total. The van der Waals surface area contributed by atoms with Crippen molar-refractivity contribution in [2.75, 3.05) is 0 Å². The van der Waals surface area contributed by atoms with Gasteiger partial charge in [0.2, 0.25) is 0 Å². The highest BCUT2D eigenvalue weighted by molar-refractivity contribution is 5.28. The van der Waals surface area contributed by atoms with E-state index in [4.69, 9.17) is 5.11 Å². The standard InChI is InChI=1S/C21H28F2O2/c22-18-14-16(10-12-20(18)24)8-6-4-2-1-3-5-7-9-17-11-13-21(25)19(23)15-17/h10-14,17,24-25H,1-9,15H2. The third-order valence-corrected chi connectivity index (χ3v) is 4.80. The Morgan fingerprint density at radius 3 is 2.28 bits per heavy atom. The quantitative estimate of drug-likeness (QED) is 0.472. The number of unbranched alkanes of at least 4 members (excludes halogenated alkanes) is 6. The molecule has 0 heterocycles. The van der Waals surface area contributed by atoms with Gasteiger partial charge in [-0.2, -0.15) is 0 Å². The monoisotopic (exact) mass is 350 g/mol. The Kier molecular flexibility index (Phi) is 7.96. The van der Waals surface area contributed by atoms with Gasteiger partial charge in [0.15, 0.2) is 11.6 Å². The van der Waals surface area contributed by atoms with Gasteiger partial charge >= 0.3 is 0 Å². The molecule has 1 unspecified atom stereocenters. The molecule has 0 radical (unpaired) electrons. The molecule has 4 heteroatoms. The van der Waals surface area contributed by atoms with Gasteiger partial charge in [0.25, 0.3) is 0 Å². The molecular weight excluding hydrogens is 322 g/mol. The van der Waals surface area contributed by atoms with Gasteiger partial charge in [-0.1, -0.05) is 50.7 Å². The number of hydrogen-bond donors (Lipinski definition) is 2. The number of benzene rings is 1. The van der Waals surface area contributed by atoms with E-state index in [0.717, 1.165) is 44.1 Å². The van der Waals surface area contributed by atoms with Gasteiger partial charge in [-0.15, -0.1) is 0 Å². The fraction of sp³-hybridized carbons (Fsp3) is 0.524. The van der Waals surface area contributed by atoms with Crippen molar-refractivity contribution < 1.29 is 19.0 Å². The summed E-state index contributed by atoms with van der Waals surface area (Å²) in [6.45, 7) is 0. The van der Waals surface area contributed by atoms with Crippen molar-refractivity contribution >= 4 is 0 Å². The molecule has 0 fully saturated rings. The molecular formula is C21H28F2O2. The van der Waals surface area contributed by atoms with Gasteiger partial charge in [-0.3, -0.25) is 0 Å². The van der Waals surface area contributed by atoms with Crippen molar-refractivity contribution in [1.29, 1.82) is 0 Å². The SMILES string of the molecule is OC1=C(F)CC(CCCCCCCCCc2ccc(O)c(F)c2)C=C1. The van der Waals surface area contributed by atoms with Gasteiger partial charge in [0, 0.05) is 6.42 Å². The summed E-state index contributed by atoms with van der Waals surface area (Å²) in [4.78, 5) is 0. The van der Waals surface area contributed by atoms with E-state index >= 15 is 0 Å². The Morgan fingerprint density at radius 2 is 1.60 bits per heavy atom. The van der Waals surface area contributed by atoms with Crippen LogP contribution in [0, 0.1) is 11.7 Å². The zero-order valence-corrected chi connectivity index (χ0v) is 14.7. The van der Waals surface area contributed by atoms with Gasteiger partial charge in [0.1, 0.15) is 11.6 Å². The number of halogens is 2. The molecule has 1 atom stereocenters. The predicted octanol–water partition coefficient (Wildman–Crippen LogP) is 6.51. The highest BCUT2D eigenvalue weighted by Crippen LogP contribution is 2.27. The molecule has 138 valence electrons. The number of phenols is 1. The summed E-state index contributed by atoms with van der Waals surface area (Å²) in [5, 5.41) is 18.3. The molecule has 0 saturated carbocycles. The normalized spacial score (nSPS) is 17.3. The van der Waals surface area contributed by atoms with Gasteiger partial charge < -0.3 is 10.2 Å². The summed E-state index contributed by atoms with van der Waals surface area (Å²) in [5.41, 5.74) is 0.933. The van der Waals surface area contributed by atoms with Gasteiger partial charge in [-0.25, -0.2) is 8.78 Å². The topological polar surface area (TPSA) is 40.5 Å². The second kappa shape index (κ2) is 10.2. The zero-order chi connectivity index (χ0) is 18.1. The van der Waals surface area contributed by atoms with E-state index in [1.807, 2.05) is 6.08 Å². The number of aliphatic hydroxyl groups excluding tert-OH is 1. The summed E-state index contributed by atoms with van der Waals surface area (Å²) in [5.74, 6) is -1.21. The van der Waals surface area contributed by atoms with Crippen molar-refractivity contribution in [2.45, 2.75) is 64.2 Å². The zero-order valence-electron chi connectivity index (χ0n) is 14.7. The van der Waals surface area contributed by atoms with Gasteiger partial charge in [-0.05, 0) is 49.0 Å². The lowest BCUT2D eigenvalue weighted by Crippen LogP contribution is -2.03. The molecule has 0 bridgehead atoms. The van der Waals surface area contributed by atoms with Crippen LogP contribution in [-0.2, 0) is 6.42 Å². The lowest BCUT2D eigenvalue weighted by Gasteiger charge is -2.15. The van der Waals surface area contributed by atoms with E-state index in [2.05, 4.69) is 0 Å². The van der Waals surface area contributed by atoms with E-state index in [1.54, 1.807) is 6.07 Å². The molecule has 1 aliphatic rings. The second-order valence-corrected chi connectivity index (χ2v) is 6.91. The van der Waals surface area contributed by atoms with Gasteiger partial charge in [0.05, 0.1) is 0 Å². The maximum Gasteiger partial charge on any atom is 0.165 e. The first kappa shape index (κ1) is 19.5. The number of aliphatic hydroxyl groups is 1. The molecule has 1 aromatic carbocycles. The van der Waals surface area contributed by atoms with Crippen LogP contribution in [0.1, 0.15) is 63.4 Å². The van der Waals surface area contributed by atoms with Crippen LogP contribution in [0.25, 0.3) is 0 Å². The minimum Gasteiger partial charge on any atom is -0.505 e. The first-order valence-corrected chi connectivity index (χ1v) is 9.29. The van der Waals surface area contributed by atoms with Crippen molar-refractivity contribution in [3.8, 4) is 5.75 Å². The fourth-order valence-electron chi connectivity index (χ4n) is 3.24. The average Bonchev–Trinajstić information content (AvgIpc) is 2.59. The second-order valence-electron chi connectivity index (χ2n) is 6.91. The van der Waals surface area contributed by atoms with E-state index < -0.39 is 5.82 Å². The van der Waals surface area contributed by atoms with Crippen LogP contribution in [-0.4, -0.2) is 10.2 Å². The van der Waals surface area contributed by atoms with Crippen LogP contribution in [0.2, 0.25) is 0 Å². The lowest BCUT2D eigenvalue weighted by atomic mass is 9.93. The van der Waals surface area contributed by atoms with E-state index in [9.17, 15) is 13.9 Å². The van der Waals surface area contributed by atoms with Crippen molar-refractivity contribution in [3.63, 3.8) is 0 Å². The Bertz CT molecular complexity index is 608. The maximum atomic E-state index is 13.3. The van der Waals surface area contributed by atoms with Crippen LogP contribution in [0.15, 0.2) is 41.9 Å². The molecule has 0 saturated heterocycles. The molecule has 0 aliphatic heterocycles. The van der Waals surface area contributed by atoms with E-state index in [1.165, 1.54) is 37.5 Å². The minimum absolute atomic E-state index is 0.216. The summed E-state index contributed by atoms with van der Waals surface area (Å²) in [6.07, 6.45) is 13.5. The number of rotatable bonds is 10. The third-order valence-electron chi connectivity index (χ3n) is 4.80. The first-order valence-electron chi connectivity index (χ1n) is 9.29. The molecule has 1 aliphatic carbocycles. The summed E-state index contributed by atoms with van der Waals surface area (Å²) >= 11 is 0. The molecule has 25 heavy (non-hydrogen) atoms. The number of aryl methyl sites for hydroxylation is 1. The van der Waals surface area contributed by atoms with Crippen LogP contribution in [0.5, 0.6) is 5.75 Å². The first-order chi connectivity index (χ1) is 12.1. The number of phenolic OH excluding ortho intramolecular Hbond substituents is 1. The number of allylic oxidation sites excluding steroid dienone is 3. The molecule has 0 amide bonds. The summed E-state index contributed by atoms with van der Waals surface area (Å²) < 4.78 is 26.5. The highest BCUT2D eigenvalue weighted by atomic mass is 19.1. The predicted molar refractivity (Wildman–Crippen MR) is 96.7 cm³/mol. The largest absolute Gasteiger partial charge is 0.505 e. The van der Waals surface area contributed by atoms with Crippen LogP contribution >= 0.6 is 0 Å². The Hall–Kier alpha value is -1.84. The molecule has 0 spiro atoms. The van der Waals surface area contributed by atoms with Crippen LogP contribution in [0.4, 0.5) is 8.78 Å². The molecule has 1 aromatic rings. The van der Waals surface area contributed by atoms with E-state index in [-0.39, 0.29) is 23.3 Å². The lowest BCUT2D eigenvalue weighted by molar-refractivity contribution is 0.366. The third kappa shape index (κ3) is 6.89.